The summed E-state index contributed by atoms with van der Waals surface area (Å²) in [5.41, 5.74) is 4.58. The number of aromatic nitrogens is 2. The molecule has 0 saturated carbocycles. The maximum atomic E-state index is 11.4. The summed E-state index contributed by atoms with van der Waals surface area (Å²) in [6, 6.07) is 5.66. The molecule has 0 bridgehead atoms. The average molecular weight is 355 g/mol. The van der Waals surface area contributed by atoms with Gasteiger partial charge in [0.15, 0.2) is 0 Å². The van der Waals surface area contributed by atoms with Gasteiger partial charge in [-0.1, -0.05) is 25.1 Å². The Morgan fingerprint density at radius 1 is 1.24 bits per heavy atom. The van der Waals surface area contributed by atoms with Gasteiger partial charge >= 0.3 is 5.97 Å². The summed E-state index contributed by atoms with van der Waals surface area (Å²) in [4.78, 5) is 21.3. The third kappa shape index (κ3) is 3.35. The van der Waals surface area contributed by atoms with Crippen LogP contribution in [-0.2, 0) is 4.79 Å². The molecular formula is C19H21N3O2S. The highest BCUT2D eigenvalue weighted by molar-refractivity contribution is 7.17. The molecular weight excluding hydrogens is 334 g/mol. The second-order valence-electron chi connectivity index (χ2n) is 6.19. The van der Waals surface area contributed by atoms with Crippen molar-refractivity contribution in [3.63, 3.8) is 0 Å². The molecule has 2 N–H and O–H groups in total. The Bertz CT molecular complexity index is 949. The van der Waals surface area contributed by atoms with E-state index in [2.05, 4.69) is 52.7 Å². The molecule has 25 heavy (non-hydrogen) atoms. The maximum Gasteiger partial charge on any atom is 0.326 e. The van der Waals surface area contributed by atoms with Crippen LogP contribution in [-0.4, -0.2) is 27.1 Å². The number of aryl methyl sites for hydroxylation is 3. The highest BCUT2D eigenvalue weighted by atomic mass is 32.1. The van der Waals surface area contributed by atoms with Gasteiger partial charge in [-0.05, 0) is 43.9 Å². The molecule has 1 unspecified atom stereocenters. The van der Waals surface area contributed by atoms with Gasteiger partial charge in [0.25, 0.3) is 0 Å². The predicted octanol–water partition coefficient (Wildman–Crippen LogP) is 4.56. The number of benzene rings is 1. The molecule has 3 rings (SSSR count). The van der Waals surface area contributed by atoms with Crippen LogP contribution in [0.1, 0.15) is 30.3 Å². The van der Waals surface area contributed by atoms with E-state index in [4.69, 9.17) is 0 Å². The predicted molar refractivity (Wildman–Crippen MR) is 102 cm³/mol. The Morgan fingerprint density at radius 2 is 2.00 bits per heavy atom. The van der Waals surface area contributed by atoms with Gasteiger partial charge in [-0.25, -0.2) is 14.8 Å². The van der Waals surface area contributed by atoms with Crippen LogP contribution < -0.4 is 5.32 Å². The summed E-state index contributed by atoms with van der Waals surface area (Å²) in [5, 5.41) is 15.4. The van der Waals surface area contributed by atoms with Crippen molar-refractivity contribution in [2.75, 3.05) is 5.32 Å². The molecule has 0 fully saturated rings. The van der Waals surface area contributed by atoms with Gasteiger partial charge in [-0.15, -0.1) is 11.3 Å². The summed E-state index contributed by atoms with van der Waals surface area (Å²) in [6.45, 7) is 7.84. The molecule has 0 aliphatic heterocycles. The molecule has 5 nitrogen and oxygen atoms in total. The zero-order chi connectivity index (χ0) is 18.1. The molecule has 0 saturated heterocycles. The Morgan fingerprint density at radius 3 is 2.64 bits per heavy atom. The van der Waals surface area contributed by atoms with Crippen molar-refractivity contribution < 1.29 is 9.90 Å². The number of fused-ring (bicyclic) bond motifs is 1. The molecule has 1 atom stereocenters. The van der Waals surface area contributed by atoms with Gasteiger partial charge in [0.1, 0.15) is 22.5 Å². The molecule has 130 valence electrons. The summed E-state index contributed by atoms with van der Waals surface area (Å²) in [7, 11) is 0. The summed E-state index contributed by atoms with van der Waals surface area (Å²) < 4.78 is 0. The van der Waals surface area contributed by atoms with Crippen molar-refractivity contribution in [3.05, 3.63) is 40.5 Å². The lowest BCUT2D eigenvalue weighted by atomic mass is 10.0. The second kappa shape index (κ2) is 6.80. The number of anilines is 1. The monoisotopic (exact) mass is 355 g/mol. The Balaban J connectivity index is 2.18. The van der Waals surface area contributed by atoms with E-state index < -0.39 is 12.0 Å². The van der Waals surface area contributed by atoms with Crippen molar-refractivity contribution in [3.8, 4) is 11.1 Å². The molecule has 0 aliphatic carbocycles. The van der Waals surface area contributed by atoms with Crippen LogP contribution >= 0.6 is 11.3 Å². The lowest BCUT2D eigenvalue weighted by molar-refractivity contribution is -0.137. The van der Waals surface area contributed by atoms with E-state index in [9.17, 15) is 9.90 Å². The first-order valence-corrected chi connectivity index (χ1v) is 9.11. The summed E-state index contributed by atoms with van der Waals surface area (Å²) >= 11 is 1.55. The zero-order valence-corrected chi connectivity index (χ0v) is 15.6. The summed E-state index contributed by atoms with van der Waals surface area (Å²) in [5.74, 6) is 0.338. The Hall–Kier alpha value is -2.47. The normalized spacial score (nSPS) is 12.3. The van der Waals surface area contributed by atoms with E-state index >= 15 is 0 Å². The van der Waals surface area contributed by atoms with E-state index in [0.29, 0.717) is 18.1 Å². The van der Waals surface area contributed by atoms with Crippen LogP contribution in [0.2, 0.25) is 0 Å². The number of thiophene rings is 1. The van der Waals surface area contributed by atoms with Crippen molar-refractivity contribution >= 4 is 33.3 Å². The Kier molecular flexibility index (Phi) is 4.72. The number of carboxylic acids is 1. The first kappa shape index (κ1) is 17.4. The first-order chi connectivity index (χ1) is 11.9. The highest BCUT2D eigenvalue weighted by Crippen LogP contribution is 2.37. The Labute approximate surface area is 150 Å². The van der Waals surface area contributed by atoms with Crippen molar-refractivity contribution in [1.29, 1.82) is 0 Å². The van der Waals surface area contributed by atoms with Crippen LogP contribution in [0.4, 0.5) is 5.82 Å². The molecule has 2 aromatic heterocycles. The number of hydrogen-bond donors (Lipinski definition) is 2. The minimum absolute atomic E-state index is 0.475. The maximum absolute atomic E-state index is 11.4. The number of carbonyl (C=O) groups is 1. The van der Waals surface area contributed by atoms with E-state index in [1.54, 1.807) is 11.3 Å². The highest BCUT2D eigenvalue weighted by Gasteiger charge is 2.20. The van der Waals surface area contributed by atoms with Crippen LogP contribution in [0, 0.1) is 20.8 Å². The summed E-state index contributed by atoms with van der Waals surface area (Å²) in [6.07, 6.45) is 0.475. The van der Waals surface area contributed by atoms with Gasteiger partial charge in [0, 0.05) is 10.9 Å². The van der Waals surface area contributed by atoms with E-state index in [-0.39, 0.29) is 0 Å². The largest absolute Gasteiger partial charge is 0.480 e. The second-order valence-corrected chi connectivity index (χ2v) is 7.05. The van der Waals surface area contributed by atoms with Gasteiger partial charge < -0.3 is 10.4 Å². The first-order valence-electron chi connectivity index (χ1n) is 8.23. The van der Waals surface area contributed by atoms with Crippen LogP contribution in [0.3, 0.4) is 0 Å². The fourth-order valence-corrected chi connectivity index (χ4v) is 3.77. The molecule has 3 aromatic rings. The lowest BCUT2D eigenvalue weighted by Gasteiger charge is -2.15. The smallest absolute Gasteiger partial charge is 0.326 e. The minimum atomic E-state index is -0.880. The van der Waals surface area contributed by atoms with Crippen LogP contribution in [0.25, 0.3) is 21.3 Å². The lowest BCUT2D eigenvalue weighted by Crippen LogP contribution is -2.29. The molecule has 2 heterocycles. The topological polar surface area (TPSA) is 75.1 Å². The number of rotatable bonds is 5. The van der Waals surface area contributed by atoms with Crippen LogP contribution in [0.15, 0.2) is 23.6 Å². The quantitative estimate of drug-likeness (QED) is 0.702. The number of carboxylic acid groups (broad SMARTS) is 1. The zero-order valence-electron chi connectivity index (χ0n) is 14.8. The van der Waals surface area contributed by atoms with E-state index in [0.717, 1.165) is 21.3 Å². The van der Waals surface area contributed by atoms with Crippen molar-refractivity contribution in [2.24, 2.45) is 0 Å². The van der Waals surface area contributed by atoms with Crippen LogP contribution in [0.5, 0.6) is 0 Å². The average Bonchev–Trinajstić information content (AvgIpc) is 2.98. The standard InChI is InChI=1S/C19H21N3O2S/c1-5-15(19(23)24)22-17-16-14(9-25-18(16)21-12(4)20-17)13-7-6-10(2)11(3)8-13/h6-9,15H,5H2,1-4H3,(H,23,24)(H,20,21,22). The fraction of sp³-hybridized carbons (Fsp3) is 0.316. The van der Waals surface area contributed by atoms with Gasteiger partial charge in [0.2, 0.25) is 0 Å². The molecule has 1 aromatic carbocycles. The third-order valence-electron chi connectivity index (χ3n) is 4.38. The van der Waals surface area contributed by atoms with Gasteiger partial charge in [0.05, 0.1) is 5.39 Å². The number of aliphatic carboxylic acids is 1. The van der Waals surface area contributed by atoms with Crippen molar-refractivity contribution in [2.45, 2.75) is 40.2 Å². The SMILES string of the molecule is CCC(Nc1nc(C)nc2scc(-c3ccc(C)c(C)c3)c12)C(=O)O. The fourth-order valence-electron chi connectivity index (χ4n) is 2.78. The van der Waals surface area contributed by atoms with Gasteiger partial charge in [-0.2, -0.15) is 0 Å². The van der Waals surface area contributed by atoms with E-state index in [1.165, 1.54) is 11.1 Å². The number of nitrogens with one attached hydrogen (secondary N) is 1. The van der Waals surface area contributed by atoms with E-state index in [1.807, 2.05) is 13.8 Å². The van der Waals surface area contributed by atoms with Crippen molar-refractivity contribution in [1.82, 2.24) is 9.97 Å². The molecule has 0 aliphatic rings. The molecule has 0 amide bonds. The number of nitrogens with zero attached hydrogens (tertiary/aromatic N) is 2. The van der Waals surface area contributed by atoms with Gasteiger partial charge in [-0.3, -0.25) is 0 Å². The minimum Gasteiger partial charge on any atom is -0.480 e. The molecule has 0 radical (unpaired) electrons. The molecule has 0 spiro atoms. The third-order valence-corrected chi connectivity index (χ3v) is 5.25. The number of hydrogen-bond acceptors (Lipinski definition) is 5. The molecule has 6 heteroatoms.